The van der Waals surface area contributed by atoms with Gasteiger partial charge in [-0.3, -0.25) is 0 Å². The Kier molecular flexibility index (Phi) is 3.34. The fraction of sp³-hybridized carbons (Fsp3) is 0.333. The van der Waals surface area contributed by atoms with Gasteiger partial charge in [-0.1, -0.05) is 15.9 Å². The molecule has 0 radical (unpaired) electrons. The first-order chi connectivity index (χ1) is 6.38. The minimum atomic E-state index is -3.33. The molecule has 0 saturated heterocycles. The maximum Gasteiger partial charge on any atom is 0.240 e. The number of benzene rings is 1. The number of halogens is 1. The van der Waals surface area contributed by atoms with E-state index in [0.717, 1.165) is 15.6 Å². The smallest absolute Gasteiger partial charge is 0.214 e. The van der Waals surface area contributed by atoms with Gasteiger partial charge in [-0.15, -0.1) is 0 Å². The van der Waals surface area contributed by atoms with Crippen LogP contribution in [0.3, 0.4) is 0 Å². The van der Waals surface area contributed by atoms with E-state index in [1.54, 1.807) is 12.1 Å². The molecular weight excluding hydrogens is 266 g/mol. The zero-order valence-electron chi connectivity index (χ0n) is 8.26. The van der Waals surface area contributed by atoms with Gasteiger partial charge < -0.3 is 0 Å². The Morgan fingerprint density at radius 2 is 1.64 bits per heavy atom. The summed E-state index contributed by atoms with van der Waals surface area (Å²) >= 11 is 3.39. The largest absolute Gasteiger partial charge is 0.240 e. The zero-order chi connectivity index (χ0) is 10.9. The first-order valence-electron chi connectivity index (χ1n) is 4.09. The van der Waals surface area contributed by atoms with Crippen LogP contribution < -0.4 is 4.72 Å². The standard InChI is InChI=1S/C9H12BrNO2S/c1-6-4-8(14(12,13)11-3)5-7(2)9(6)10/h4-5,11H,1-3H3. The average Bonchev–Trinajstić information content (AvgIpc) is 2.13. The molecule has 0 aliphatic rings. The van der Waals surface area contributed by atoms with E-state index < -0.39 is 10.0 Å². The van der Waals surface area contributed by atoms with Gasteiger partial charge >= 0.3 is 0 Å². The van der Waals surface area contributed by atoms with Crippen LogP contribution in [0.2, 0.25) is 0 Å². The van der Waals surface area contributed by atoms with Crippen LogP contribution in [0, 0.1) is 13.8 Å². The molecule has 1 aromatic carbocycles. The van der Waals surface area contributed by atoms with Crippen LogP contribution in [0.15, 0.2) is 21.5 Å². The Hall–Kier alpha value is -0.390. The van der Waals surface area contributed by atoms with Crippen LogP contribution in [0.4, 0.5) is 0 Å². The normalized spacial score (nSPS) is 11.7. The fourth-order valence-corrected chi connectivity index (χ4v) is 2.31. The summed E-state index contributed by atoms with van der Waals surface area (Å²) in [7, 11) is -1.93. The SMILES string of the molecule is CNS(=O)(=O)c1cc(C)c(Br)c(C)c1. The molecule has 3 nitrogen and oxygen atoms in total. The highest BCUT2D eigenvalue weighted by molar-refractivity contribution is 9.10. The Morgan fingerprint density at radius 3 is 2.00 bits per heavy atom. The highest BCUT2D eigenvalue weighted by Gasteiger charge is 2.13. The van der Waals surface area contributed by atoms with E-state index in [1.807, 2.05) is 13.8 Å². The molecule has 0 bridgehead atoms. The summed E-state index contributed by atoms with van der Waals surface area (Å²) in [5, 5.41) is 0. The lowest BCUT2D eigenvalue weighted by atomic mass is 10.2. The highest BCUT2D eigenvalue weighted by atomic mass is 79.9. The van der Waals surface area contributed by atoms with Crippen molar-refractivity contribution in [3.05, 3.63) is 27.7 Å². The molecular formula is C9H12BrNO2S. The average molecular weight is 278 g/mol. The molecule has 0 aliphatic carbocycles. The van der Waals surface area contributed by atoms with Crippen LogP contribution in [-0.4, -0.2) is 15.5 Å². The summed E-state index contributed by atoms with van der Waals surface area (Å²) in [6, 6.07) is 3.28. The number of hydrogen-bond donors (Lipinski definition) is 1. The number of rotatable bonds is 2. The van der Waals surface area contributed by atoms with Crippen molar-refractivity contribution in [3.8, 4) is 0 Å². The maximum atomic E-state index is 11.5. The Bertz CT molecular complexity index is 431. The van der Waals surface area contributed by atoms with Gasteiger partial charge in [0.05, 0.1) is 4.90 Å². The predicted octanol–water partition coefficient (Wildman–Crippen LogP) is 1.97. The number of sulfonamides is 1. The molecule has 1 N–H and O–H groups in total. The summed E-state index contributed by atoms with van der Waals surface area (Å²) in [6.45, 7) is 3.73. The fourth-order valence-electron chi connectivity index (χ4n) is 1.18. The molecule has 0 amide bonds. The first kappa shape index (κ1) is 11.7. The van der Waals surface area contributed by atoms with E-state index >= 15 is 0 Å². The summed E-state index contributed by atoms with van der Waals surface area (Å²) in [5.41, 5.74) is 1.83. The highest BCUT2D eigenvalue weighted by Crippen LogP contribution is 2.24. The molecule has 1 aromatic rings. The Morgan fingerprint density at radius 1 is 1.21 bits per heavy atom. The van der Waals surface area contributed by atoms with Crippen molar-refractivity contribution in [1.29, 1.82) is 0 Å². The Labute approximate surface area is 92.7 Å². The van der Waals surface area contributed by atoms with Crippen LogP contribution in [0.5, 0.6) is 0 Å². The van der Waals surface area contributed by atoms with Crippen LogP contribution in [0.1, 0.15) is 11.1 Å². The third-order valence-electron chi connectivity index (χ3n) is 1.99. The molecule has 14 heavy (non-hydrogen) atoms. The van der Waals surface area contributed by atoms with Gasteiger partial charge in [-0.05, 0) is 44.2 Å². The van der Waals surface area contributed by atoms with E-state index in [-0.39, 0.29) is 0 Å². The van der Waals surface area contributed by atoms with Crippen molar-refractivity contribution < 1.29 is 8.42 Å². The van der Waals surface area contributed by atoms with Crippen molar-refractivity contribution in [2.75, 3.05) is 7.05 Å². The zero-order valence-corrected chi connectivity index (χ0v) is 10.7. The molecule has 1 rings (SSSR count). The van der Waals surface area contributed by atoms with Crippen molar-refractivity contribution >= 4 is 26.0 Å². The van der Waals surface area contributed by atoms with Crippen LogP contribution in [0.25, 0.3) is 0 Å². The van der Waals surface area contributed by atoms with Gasteiger partial charge in [0.1, 0.15) is 0 Å². The van der Waals surface area contributed by atoms with Crippen molar-refractivity contribution in [2.24, 2.45) is 0 Å². The van der Waals surface area contributed by atoms with E-state index in [9.17, 15) is 8.42 Å². The van der Waals surface area contributed by atoms with Gasteiger partial charge in [0.25, 0.3) is 0 Å². The third kappa shape index (κ3) is 2.16. The quantitative estimate of drug-likeness (QED) is 0.899. The number of hydrogen-bond acceptors (Lipinski definition) is 2. The molecule has 0 unspecified atom stereocenters. The molecule has 0 heterocycles. The Balaban J connectivity index is 3.41. The maximum absolute atomic E-state index is 11.5. The third-order valence-corrected chi connectivity index (χ3v) is 4.63. The molecule has 0 spiro atoms. The van der Waals surface area contributed by atoms with Crippen molar-refractivity contribution in [3.63, 3.8) is 0 Å². The van der Waals surface area contributed by atoms with Gasteiger partial charge in [0, 0.05) is 4.47 Å². The molecule has 0 saturated carbocycles. The van der Waals surface area contributed by atoms with E-state index in [0.29, 0.717) is 4.90 Å². The molecule has 0 atom stereocenters. The molecule has 0 fully saturated rings. The topological polar surface area (TPSA) is 46.2 Å². The summed E-state index contributed by atoms with van der Waals surface area (Å²) in [6.07, 6.45) is 0. The lowest BCUT2D eigenvalue weighted by molar-refractivity contribution is 0.588. The first-order valence-corrected chi connectivity index (χ1v) is 6.36. The van der Waals surface area contributed by atoms with E-state index in [2.05, 4.69) is 20.7 Å². The van der Waals surface area contributed by atoms with Gasteiger partial charge in [0.2, 0.25) is 10.0 Å². The molecule has 5 heteroatoms. The second-order valence-corrected chi connectivity index (χ2v) is 5.76. The van der Waals surface area contributed by atoms with Gasteiger partial charge in [0.15, 0.2) is 0 Å². The molecule has 78 valence electrons. The molecule has 0 aliphatic heterocycles. The lowest BCUT2D eigenvalue weighted by Crippen LogP contribution is -2.18. The summed E-state index contributed by atoms with van der Waals surface area (Å²) < 4.78 is 26.2. The number of aryl methyl sites for hydroxylation is 2. The number of nitrogens with one attached hydrogen (secondary N) is 1. The van der Waals surface area contributed by atoms with Crippen LogP contribution >= 0.6 is 15.9 Å². The van der Waals surface area contributed by atoms with Gasteiger partial charge in [-0.25, -0.2) is 13.1 Å². The van der Waals surface area contributed by atoms with Gasteiger partial charge in [-0.2, -0.15) is 0 Å². The summed E-state index contributed by atoms with van der Waals surface area (Å²) in [4.78, 5) is 0.304. The minimum Gasteiger partial charge on any atom is -0.214 e. The van der Waals surface area contributed by atoms with E-state index in [1.165, 1.54) is 7.05 Å². The summed E-state index contributed by atoms with van der Waals surface area (Å²) in [5.74, 6) is 0. The monoisotopic (exact) mass is 277 g/mol. The van der Waals surface area contributed by atoms with Crippen LogP contribution in [-0.2, 0) is 10.0 Å². The predicted molar refractivity (Wildman–Crippen MR) is 59.9 cm³/mol. The second kappa shape index (κ2) is 4.00. The van der Waals surface area contributed by atoms with Crippen molar-refractivity contribution in [1.82, 2.24) is 4.72 Å². The molecule has 0 aromatic heterocycles. The minimum absolute atomic E-state index is 0.304. The van der Waals surface area contributed by atoms with E-state index in [4.69, 9.17) is 0 Å². The van der Waals surface area contributed by atoms with Crippen molar-refractivity contribution in [2.45, 2.75) is 18.7 Å². The lowest BCUT2D eigenvalue weighted by Gasteiger charge is -2.07. The second-order valence-electron chi connectivity index (χ2n) is 3.08.